The van der Waals surface area contributed by atoms with Gasteiger partial charge < -0.3 is 14.2 Å². The smallest absolute Gasteiger partial charge is 0.277 e. The van der Waals surface area contributed by atoms with E-state index in [-0.39, 0.29) is 12.5 Å². The van der Waals surface area contributed by atoms with Gasteiger partial charge >= 0.3 is 0 Å². The van der Waals surface area contributed by atoms with Gasteiger partial charge in [0.05, 0.1) is 19.4 Å². The average molecular weight is 399 g/mol. The Morgan fingerprint density at radius 2 is 1.79 bits per heavy atom. The predicted octanol–water partition coefficient (Wildman–Crippen LogP) is 4.27. The molecule has 6 nitrogen and oxygen atoms in total. The fourth-order valence-electron chi connectivity index (χ4n) is 2.62. The van der Waals surface area contributed by atoms with E-state index in [1.54, 1.807) is 6.21 Å². The molecular formula is C23H30N2O4. The molecule has 2 aromatic carbocycles. The molecule has 0 aliphatic heterocycles. The van der Waals surface area contributed by atoms with Crippen molar-refractivity contribution in [1.82, 2.24) is 5.43 Å². The fourth-order valence-corrected chi connectivity index (χ4v) is 2.62. The molecule has 1 N–H and O–H groups in total. The van der Waals surface area contributed by atoms with Crippen LogP contribution < -0.4 is 19.6 Å². The van der Waals surface area contributed by atoms with Crippen molar-refractivity contribution in [1.29, 1.82) is 0 Å². The first-order valence-electron chi connectivity index (χ1n) is 9.81. The Balaban J connectivity index is 1.93. The summed E-state index contributed by atoms with van der Waals surface area (Å²) in [6.07, 6.45) is 1.56. The first-order valence-corrected chi connectivity index (χ1v) is 9.81. The maximum Gasteiger partial charge on any atom is 0.277 e. The van der Waals surface area contributed by atoms with Crippen molar-refractivity contribution in [3.63, 3.8) is 0 Å². The Bertz CT molecular complexity index is 827. The SMILES string of the molecule is CCOc1cc(/C=N\NC(=O)COc2c(C)cccc2C)ccc1OCC(C)C. The first-order chi connectivity index (χ1) is 13.9. The Kier molecular flexibility index (Phi) is 8.52. The number of para-hydroxylation sites is 1. The van der Waals surface area contributed by atoms with Gasteiger partial charge in [0.2, 0.25) is 0 Å². The number of nitrogens with one attached hydrogen (secondary N) is 1. The van der Waals surface area contributed by atoms with E-state index in [0.29, 0.717) is 30.6 Å². The lowest BCUT2D eigenvalue weighted by molar-refractivity contribution is -0.123. The normalized spacial score (nSPS) is 11.0. The minimum atomic E-state index is -0.328. The lowest BCUT2D eigenvalue weighted by Gasteiger charge is -2.13. The molecular weight excluding hydrogens is 368 g/mol. The number of amides is 1. The van der Waals surface area contributed by atoms with Crippen molar-refractivity contribution in [2.45, 2.75) is 34.6 Å². The summed E-state index contributed by atoms with van der Waals surface area (Å²) in [5, 5.41) is 4.00. The van der Waals surface area contributed by atoms with Crippen molar-refractivity contribution in [3.05, 3.63) is 53.1 Å². The zero-order valence-corrected chi connectivity index (χ0v) is 17.8. The number of hydrazone groups is 1. The maximum absolute atomic E-state index is 12.0. The van der Waals surface area contributed by atoms with Gasteiger partial charge in [-0.05, 0) is 61.6 Å². The van der Waals surface area contributed by atoms with Crippen LogP contribution in [0, 0.1) is 19.8 Å². The van der Waals surface area contributed by atoms with E-state index in [1.165, 1.54) is 0 Å². The molecule has 2 aromatic rings. The van der Waals surface area contributed by atoms with Crippen LogP contribution in [0.4, 0.5) is 0 Å². The van der Waals surface area contributed by atoms with Crippen molar-refractivity contribution in [3.8, 4) is 17.2 Å². The highest BCUT2D eigenvalue weighted by atomic mass is 16.5. The van der Waals surface area contributed by atoms with Crippen molar-refractivity contribution in [2.75, 3.05) is 19.8 Å². The van der Waals surface area contributed by atoms with Crippen LogP contribution in [0.1, 0.15) is 37.5 Å². The second-order valence-electron chi connectivity index (χ2n) is 7.15. The van der Waals surface area contributed by atoms with E-state index in [1.807, 2.05) is 57.2 Å². The molecule has 0 heterocycles. The van der Waals surface area contributed by atoms with E-state index in [9.17, 15) is 4.79 Å². The van der Waals surface area contributed by atoms with E-state index in [0.717, 1.165) is 22.4 Å². The van der Waals surface area contributed by atoms with E-state index in [2.05, 4.69) is 24.4 Å². The average Bonchev–Trinajstić information content (AvgIpc) is 2.67. The lowest BCUT2D eigenvalue weighted by atomic mass is 10.1. The minimum Gasteiger partial charge on any atom is -0.490 e. The van der Waals surface area contributed by atoms with Gasteiger partial charge in [0.15, 0.2) is 18.1 Å². The highest BCUT2D eigenvalue weighted by Gasteiger charge is 2.08. The predicted molar refractivity (Wildman–Crippen MR) is 115 cm³/mol. The van der Waals surface area contributed by atoms with E-state index < -0.39 is 0 Å². The standard InChI is InChI=1S/C23H30N2O4/c1-6-27-21-12-19(10-11-20(21)28-14-16(2)3)13-24-25-22(26)15-29-23-17(4)8-7-9-18(23)5/h7-13,16H,6,14-15H2,1-5H3,(H,25,26)/b24-13-. The Hall–Kier alpha value is -3.02. The molecule has 0 spiro atoms. The van der Waals surface area contributed by atoms with E-state index >= 15 is 0 Å². The number of hydrogen-bond donors (Lipinski definition) is 1. The molecule has 156 valence electrons. The molecule has 1 amide bonds. The minimum absolute atomic E-state index is 0.102. The topological polar surface area (TPSA) is 69.2 Å². The molecule has 29 heavy (non-hydrogen) atoms. The number of carbonyl (C=O) groups is 1. The van der Waals surface area contributed by atoms with Crippen LogP contribution in [0.15, 0.2) is 41.5 Å². The molecule has 0 aliphatic carbocycles. The molecule has 2 rings (SSSR count). The summed E-state index contributed by atoms with van der Waals surface area (Å²) >= 11 is 0. The number of hydrogen-bond acceptors (Lipinski definition) is 5. The number of benzene rings is 2. The monoisotopic (exact) mass is 398 g/mol. The van der Waals surface area contributed by atoms with Crippen LogP contribution in [-0.2, 0) is 4.79 Å². The molecule has 0 saturated carbocycles. The summed E-state index contributed by atoms with van der Waals surface area (Å²) in [5.74, 6) is 2.17. The summed E-state index contributed by atoms with van der Waals surface area (Å²) in [5.41, 5.74) is 5.25. The van der Waals surface area contributed by atoms with Gasteiger partial charge in [0.1, 0.15) is 5.75 Å². The Labute approximate surface area is 172 Å². The lowest BCUT2D eigenvalue weighted by Crippen LogP contribution is -2.25. The second kappa shape index (κ2) is 11.1. The summed E-state index contributed by atoms with van der Waals surface area (Å²) < 4.78 is 17.1. The maximum atomic E-state index is 12.0. The largest absolute Gasteiger partial charge is 0.490 e. The Morgan fingerprint density at radius 3 is 2.45 bits per heavy atom. The van der Waals surface area contributed by atoms with Crippen molar-refractivity contribution >= 4 is 12.1 Å². The third kappa shape index (κ3) is 7.14. The molecule has 0 unspecified atom stereocenters. The molecule has 0 aromatic heterocycles. The third-order valence-corrected chi connectivity index (χ3v) is 4.00. The van der Waals surface area contributed by atoms with Crippen LogP contribution in [0.5, 0.6) is 17.2 Å². The van der Waals surface area contributed by atoms with Gasteiger partial charge in [-0.1, -0.05) is 32.0 Å². The zero-order valence-electron chi connectivity index (χ0n) is 17.8. The number of aryl methyl sites for hydroxylation is 2. The second-order valence-corrected chi connectivity index (χ2v) is 7.15. The summed E-state index contributed by atoms with van der Waals surface area (Å²) in [6, 6.07) is 11.4. The molecule has 0 radical (unpaired) electrons. The van der Waals surface area contributed by atoms with Gasteiger partial charge in [0.25, 0.3) is 5.91 Å². The number of ether oxygens (including phenoxy) is 3. The molecule has 0 aliphatic rings. The quantitative estimate of drug-likeness (QED) is 0.479. The highest BCUT2D eigenvalue weighted by Crippen LogP contribution is 2.28. The van der Waals surface area contributed by atoms with Crippen LogP contribution in [0.3, 0.4) is 0 Å². The molecule has 0 saturated heterocycles. The third-order valence-electron chi connectivity index (χ3n) is 4.00. The van der Waals surface area contributed by atoms with Crippen molar-refractivity contribution in [2.24, 2.45) is 11.0 Å². The number of carbonyl (C=O) groups excluding carboxylic acids is 1. The van der Waals surface area contributed by atoms with Crippen LogP contribution in [0.25, 0.3) is 0 Å². The van der Waals surface area contributed by atoms with Gasteiger partial charge in [-0.25, -0.2) is 5.43 Å². The van der Waals surface area contributed by atoms with Crippen LogP contribution in [-0.4, -0.2) is 31.9 Å². The summed E-state index contributed by atoms with van der Waals surface area (Å²) in [6.45, 7) is 11.0. The first kappa shape index (κ1) is 22.3. The van der Waals surface area contributed by atoms with Gasteiger partial charge in [-0.2, -0.15) is 5.10 Å². The summed E-state index contributed by atoms with van der Waals surface area (Å²) in [4.78, 5) is 12.0. The molecule has 0 fully saturated rings. The number of nitrogens with zero attached hydrogens (tertiary/aromatic N) is 1. The fraction of sp³-hybridized carbons (Fsp3) is 0.391. The molecule has 0 atom stereocenters. The zero-order chi connectivity index (χ0) is 21.2. The summed E-state index contributed by atoms with van der Waals surface area (Å²) in [7, 11) is 0. The van der Waals surface area contributed by atoms with Crippen LogP contribution in [0.2, 0.25) is 0 Å². The Morgan fingerprint density at radius 1 is 1.07 bits per heavy atom. The van der Waals surface area contributed by atoms with E-state index in [4.69, 9.17) is 14.2 Å². The van der Waals surface area contributed by atoms with Gasteiger partial charge in [-0.15, -0.1) is 0 Å². The van der Waals surface area contributed by atoms with Gasteiger partial charge in [-0.3, -0.25) is 4.79 Å². The van der Waals surface area contributed by atoms with Gasteiger partial charge in [0, 0.05) is 0 Å². The number of rotatable bonds is 10. The van der Waals surface area contributed by atoms with Crippen molar-refractivity contribution < 1.29 is 19.0 Å². The molecule has 6 heteroatoms. The molecule has 0 bridgehead atoms. The highest BCUT2D eigenvalue weighted by molar-refractivity contribution is 5.83. The van der Waals surface area contributed by atoms with Crippen LogP contribution >= 0.6 is 0 Å².